The van der Waals surface area contributed by atoms with E-state index in [0.29, 0.717) is 4.90 Å². The number of benzene rings is 1. The quantitative estimate of drug-likeness (QED) is 0.382. The van der Waals surface area contributed by atoms with Gasteiger partial charge in [-0.2, -0.15) is 0 Å². The minimum absolute atomic E-state index is 0.00745. The maximum Gasteiger partial charge on any atom is 0.337 e. The molecule has 0 heterocycles. The lowest BCUT2D eigenvalue weighted by Gasteiger charge is -2.18. The summed E-state index contributed by atoms with van der Waals surface area (Å²) in [4.78, 5) is 32.8. The number of hydrogen-bond donors (Lipinski definition) is 3. The number of rotatable bonds is 7. The second-order valence-corrected chi connectivity index (χ2v) is 5.44. The summed E-state index contributed by atoms with van der Waals surface area (Å²) >= 11 is 1.14. The van der Waals surface area contributed by atoms with E-state index in [9.17, 15) is 24.8 Å². The molecule has 0 aliphatic rings. The van der Waals surface area contributed by atoms with E-state index in [0.717, 1.165) is 18.7 Å². The van der Waals surface area contributed by atoms with Crippen molar-refractivity contribution in [2.24, 2.45) is 0 Å². The third kappa shape index (κ3) is 5.40. The van der Waals surface area contributed by atoms with E-state index in [1.807, 2.05) is 0 Å². The van der Waals surface area contributed by atoms with Crippen LogP contribution in [-0.4, -0.2) is 44.9 Å². The Kier molecular flexibility index (Phi) is 5.68. The van der Waals surface area contributed by atoms with Gasteiger partial charge >= 0.3 is 5.97 Å². The fourth-order valence-corrected chi connectivity index (χ4v) is 1.94. The number of hydrogen-bond acceptors (Lipinski definition) is 6. The predicted molar refractivity (Wildman–Crippen MR) is 75.1 cm³/mol. The molecule has 114 valence electrons. The van der Waals surface area contributed by atoms with Gasteiger partial charge in [0, 0.05) is 17.0 Å². The van der Waals surface area contributed by atoms with Crippen LogP contribution in [0.2, 0.25) is 0 Å². The SMILES string of the molecule is CC(O)(CNC(=O)CSc1ccc([N+](=O)[O-])cc1)C(=O)O. The Hall–Kier alpha value is -2.13. The molecule has 0 aliphatic heterocycles. The first-order valence-corrected chi connectivity index (χ1v) is 6.80. The van der Waals surface area contributed by atoms with Crippen molar-refractivity contribution in [1.29, 1.82) is 0 Å². The van der Waals surface area contributed by atoms with Crippen molar-refractivity contribution >= 4 is 29.3 Å². The second-order valence-electron chi connectivity index (χ2n) is 4.40. The number of nitrogens with one attached hydrogen (secondary N) is 1. The number of nitro benzene ring substituents is 1. The summed E-state index contributed by atoms with van der Waals surface area (Å²) in [5.74, 6) is -1.86. The molecule has 1 rings (SSSR count). The lowest BCUT2D eigenvalue weighted by molar-refractivity contribution is -0.384. The van der Waals surface area contributed by atoms with Crippen molar-refractivity contribution in [3.63, 3.8) is 0 Å². The monoisotopic (exact) mass is 314 g/mol. The maximum atomic E-state index is 11.5. The Labute approximate surface area is 124 Å². The van der Waals surface area contributed by atoms with E-state index in [1.54, 1.807) is 0 Å². The van der Waals surface area contributed by atoms with Crippen LogP contribution in [0.15, 0.2) is 29.2 Å². The van der Waals surface area contributed by atoms with Crippen molar-refractivity contribution in [3.05, 3.63) is 34.4 Å². The molecule has 0 radical (unpaired) electrons. The van der Waals surface area contributed by atoms with E-state index in [-0.39, 0.29) is 11.4 Å². The zero-order chi connectivity index (χ0) is 16.0. The number of carbonyl (C=O) groups excluding carboxylic acids is 1. The van der Waals surface area contributed by atoms with E-state index in [2.05, 4.69) is 5.32 Å². The highest BCUT2D eigenvalue weighted by Gasteiger charge is 2.30. The first kappa shape index (κ1) is 16.9. The minimum Gasteiger partial charge on any atom is -0.479 e. The van der Waals surface area contributed by atoms with Crippen LogP contribution in [0, 0.1) is 10.1 Å². The zero-order valence-electron chi connectivity index (χ0n) is 11.1. The van der Waals surface area contributed by atoms with Crippen LogP contribution in [0.25, 0.3) is 0 Å². The molecule has 1 atom stereocenters. The van der Waals surface area contributed by atoms with Gasteiger partial charge in [-0.3, -0.25) is 14.9 Å². The lowest BCUT2D eigenvalue weighted by atomic mass is 10.1. The smallest absolute Gasteiger partial charge is 0.337 e. The van der Waals surface area contributed by atoms with Gasteiger partial charge in [0.25, 0.3) is 5.69 Å². The molecule has 21 heavy (non-hydrogen) atoms. The molecule has 0 saturated carbocycles. The molecular weight excluding hydrogens is 300 g/mol. The Morgan fingerprint density at radius 2 is 1.95 bits per heavy atom. The summed E-state index contributed by atoms with van der Waals surface area (Å²) < 4.78 is 0. The summed E-state index contributed by atoms with van der Waals surface area (Å²) in [6.45, 7) is 0.682. The molecular formula is C12H14N2O6S. The molecule has 1 unspecified atom stereocenters. The van der Waals surface area contributed by atoms with Crippen molar-refractivity contribution in [2.75, 3.05) is 12.3 Å². The molecule has 0 aliphatic carbocycles. The molecule has 0 fully saturated rings. The molecule has 3 N–H and O–H groups in total. The molecule has 0 saturated heterocycles. The number of aliphatic hydroxyl groups is 1. The minimum atomic E-state index is -2.02. The predicted octanol–water partition coefficient (Wildman–Crippen LogP) is 0.639. The van der Waals surface area contributed by atoms with Crippen LogP contribution in [-0.2, 0) is 9.59 Å². The first-order valence-electron chi connectivity index (χ1n) is 5.82. The molecule has 0 aromatic heterocycles. The third-order valence-corrected chi connectivity index (χ3v) is 3.52. The van der Waals surface area contributed by atoms with Crippen LogP contribution in [0.3, 0.4) is 0 Å². The van der Waals surface area contributed by atoms with Crippen molar-refractivity contribution in [1.82, 2.24) is 5.32 Å². The van der Waals surface area contributed by atoms with Crippen molar-refractivity contribution in [3.8, 4) is 0 Å². The number of non-ortho nitro benzene ring substituents is 1. The molecule has 8 nitrogen and oxygen atoms in total. The molecule has 0 bridgehead atoms. The summed E-state index contributed by atoms with van der Waals surface area (Å²) in [6.07, 6.45) is 0. The highest BCUT2D eigenvalue weighted by molar-refractivity contribution is 8.00. The van der Waals surface area contributed by atoms with Gasteiger partial charge in [0.05, 0.1) is 17.2 Å². The van der Waals surface area contributed by atoms with Crippen LogP contribution in [0.5, 0.6) is 0 Å². The highest BCUT2D eigenvalue weighted by Crippen LogP contribution is 2.21. The largest absolute Gasteiger partial charge is 0.479 e. The second kappa shape index (κ2) is 7.04. The average Bonchev–Trinajstić information content (AvgIpc) is 2.43. The molecule has 0 spiro atoms. The summed E-state index contributed by atoms with van der Waals surface area (Å²) in [7, 11) is 0. The van der Waals surface area contributed by atoms with E-state index in [1.165, 1.54) is 24.3 Å². The summed E-state index contributed by atoms with van der Waals surface area (Å²) in [6, 6.07) is 5.69. The number of aliphatic carboxylic acids is 1. The van der Waals surface area contributed by atoms with Crippen LogP contribution >= 0.6 is 11.8 Å². The molecule has 1 aromatic carbocycles. The lowest BCUT2D eigenvalue weighted by Crippen LogP contribution is -2.46. The average molecular weight is 314 g/mol. The third-order valence-electron chi connectivity index (χ3n) is 2.51. The van der Waals surface area contributed by atoms with Gasteiger partial charge in [0.1, 0.15) is 0 Å². The van der Waals surface area contributed by atoms with Crippen LogP contribution in [0.4, 0.5) is 5.69 Å². The molecule has 9 heteroatoms. The number of carbonyl (C=O) groups is 2. The molecule has 1 aromatic rings. The molecule has 1 amide bonds. The summed E-state index contributed by atoms with van der Waals surface area (Å²) in [5, 5.41) is 30.9. The Balaban J connectivity index is 2.43. The number of amides is 1. The Bertz CT molecular complexity index is 543. The van der Waals surface area contributed by atoms with Crippen molar-refractivity contribution < 1.29 is 24.7 Å². The standard InChI is InChI=1S/C12H14N2O6S/c1-12(18,11(16)17)7-13-10(15)6-21-9-4-2-8(3-5-9)14(19)20/h2-5,18H,6-7H2,1H3,(H,13,15)(H,16,17). The van der Waals surface area contributed by atoms with E-state index < -0.39 is 28.9 Å². The topological polar surface area (TPSA) is 130 Å². The fraction of sp³-hybridized carbons (Fsp3) is 0.333. The highest BCUT2D eigenvalue weighted by atomic mass is 32.2. The fourth-order valence-electron chi connectivity index (χ4n) is 1.21. The zero-order valence-corrected chi connectivity index (χ0v) is 11.9. The summed E-state index contributed by atoms with van der Waals surface area (Å²) in [5.41, 5.74) is -2.06. The van der Waals surface area contributed by atoms with Gasteiger partial charge in [0.2, 0.25) is 5.91 Å². The normalized spacial score (nSPS) is 13.2. The maximum absolute atomic E-state index is 11.5. The number of carboxylic acids is 1. The number of nitro groups is 1. The van der Waals surface area contributed by atoms with Gasteiger partial charge in [-0.25, -0.2) is 4.79 Å². The van der Waals surface area contributed by atoms with E-state index >= 15 is 0 Å². The van der Waals surface area contributed by atoms with Gasteiger partial charge in [-0.15, -0.1) is 11.8 Å². The van der Waals surface area contributed by atoms with Gasteiger partial charge in [-0.05, 0) is 19.1 Å². The van der Waals surface area contributed by atoms with Crippen molar-refractivity contribution in [2.45, 2.75) is 17.4 Å². The Morgan fingerprint density at radius 1 is 1.38 bits per heavy atom. The number of nitrogens with zero attached hydrogens (tertiary/aromatic N) is 1. The van der Waals surface area contributed by atoms with Crippen LogP contribution in [0.1, 0.15) is 6.92 Å². The first-order chi connectivity index (χ1) is 9.72. The Morgan fingerprint density at radius 3 is 2.43 bits per heavy atom. The number of carboxylic acid groups (broad SMARTS) is 1. The van der Waals surface area contributed by atoms with Gasteiger partial charge in [0.15, 0.2) is 5.60 Å². The number of thioether (sulfide) groups is 1. The van der Waals surface area contributed by atoms with Crippen LogP contribution < -0.4 is 5.32 Å². The van der Waals surface area contributed by atoms with E-state index in [4.69, 9.17) is 5.11 Å². The van der Waals surface area contributed by atoms with Gasteiger partial charge < -0.3 is 15.5 Å². The van der Waals surface area contributed by atoms with Gasteiger partial charge in [-0.1, -0.05) is 0 Å².